The lowest BCUT2D eigenvalue weighted by atomic mass is 10.2. The fraction of sp³-hybridized carbons (Fsp3) is 0.238. The lowest BCUT2D eigenvalue weighted by Gasteiger charge is -2.20. The number of ether oxygens (including phenoxy) is 1. The van der Waals surface area contributed by atoms with Gasteiger partial charge in [-0.25, -0.2) is 4.79 Å². The molecule has 0 aliphatic heterocycles. The van der Waals surface area contributed by atoms with Crippen molar-refractivity contribution in [3.63, 3.8) is 0 Å². The highest BCUT2D eigenvalue weighted by Gasteiger charge is 2.17. The molecule has 0 fully saturated rings. The van der Waals surface area contributed by atoms with Gasteiger partial charge >= 0.3 is 11.9 Å². The number of carboxylic acid groups (broad SMARTS) is 1. The Kier molecular flexibility index (Phi) is 7.67. The van der Waals surface area contributed by atoms with Gasteiger partial charge in [-0.15, -0.1) is 11.3 Å². The third-order valence-corrected chi connectivity index (χ3v) is 6.93. The van der Waals surface area contributed by atoms with Crippen molar-refractivity contribution in [3.8, 4) is 5.75 Å². The second-order valence-electron chi connectivity index (χ2n) is 6.72. The van der Waals surface area contributed by atoms with E-state index >= 15 is 0 Å². The second kappa shape index (κ2) is 10.2. The first-order chi connectivity index (χ1) is 14.3. The van der Waals surface area contributed by atoms with Crippen LogP contribution in [0.25, 0.3) is 10.1 Å². The van der Waals surface area contributed by atoms with E-state index in [2.05, 4.69) is 5.09 Å². The summed E-state index contributed by atoms with van der Waals surface area (Å²) in [6.45, 7) is 3.60. The molecule has 0 radical (unpaired) electrons. The number of halogens is 1. The van der Waals surface area contributed by atoms with E-state index in [0.29, 0.717) is 21.8 Å². The van der Waals surface area contributed by atoms with Crippen LogP contribution in [0.2, 0.25) is 5.02 Å². The molecule has 0 saturated carbocycles. The van der Waals surface area contributed by atoms with Crippen molar-refractivity contribution >= 4 is 53.3 Å². The first kappa shape index (κ1) is 22.5. The maximum absolute atomic E-state index is 12.0. The van der Waals surface area contributed by atoms with Gasteiger partial charge in [0.25, 0.3) is 0 Å². The molecule has 0 amide bonds. The molecule has 1 atom stereocenters. The van der Waals surface area contributed by atoms with Gasteiger partial charge in [0.2, 0.25) is 0 Å². The van der Waals surface area contributed by atoms with E-state index in [1.165, 1.54) is 11.3 Å². The molecule has 158 valence electrons. The van der Waals surface area contributed by atoms with Crippen molar-refractivity contribution in [2.75, 3.05) is 6.54 Å². The number of esters is 1. The standard InChI is InChI=1S/C21H21ClNO5PS/c1-13(2)27-20(24)11-23-29(28-17-6-4-3-5-16(17)22)12-14-7-8-18-15(9-14)10-19(30-18)21(25)26/h3-10,13,23H,11-12H2,1-2H3,(H,25,26). The molecule has 0 spiro atoms. The molecular formula is C21H21ClNO5PS. The first-order valence-corrected chi connectivity index (χ1v) is 11.8. The molecule has 1 unspecified atom stereocenters. The van der Waals surface area contributed by atoms with Crippen LogP contribution in [-0.4, -0.2) is 29.7 Å². The van der Waals surface area contributed by atoms with Crippen LogP contribution < -0.4 is 9.61 Å². The molecule has 3 aromatic rings. The molecular weight excluding hydrogens is 445 g/mol. The van der Waals surface area contributed by atoms with E-state index in [1.54, 1.807) is 32.0 Å². The Balaban J connectivity index is 1.78. The number of fused-ring (bicyclic) bond motifs is 1. The van der Waals surface area contributed by atoms with Gasteiger partial charge in [0.05, 0.1) is 11.1 Å². The van der Waals surface area contributed by atoms with E-state index in [4.69, 9.17) is 20.9 Å². The third kappa shape index (κ3) is 6.16. The van der Waals surface area contributed by atoms with Gasteiger partial charge in [-0.2, -0.15) is 0 Å². The number of thiophene rings is 1. The highest BCUT2D eigenvalue weighted by Crippen LogP contribution is 2.41. The summed E-state index contributed by atoms with van der Waals surface area (Å²) in [6, 6.07) is 14.6. The minimum atomic E-state index is -1.30. The van der Waals surface area contributed by atoms with Crippen LogP contribution in [0.3, 0.4) is 0 Å². The highest BCUT2D eigenvalue weighted by atomic mass is 35.5. The molecule has 1 aromatic heterocycles. The summed E-state index contributed by atoms with van der Waals surface area (Å²) in [7, 11) is -1.30. The minimum absolute atomic E-state index is 0.0121. The fourth-order valence-corrected chi connectivity index (χ4v) is 5.26. The van der Waals surface area contributed by atoms with Gasteiger partial charge in [0.15, 0.2) is 8.30 Å². The van der Waals surface area contributed by atoms with Gasteiger partial charge in [-0.3, -0.25) is 9.88 Å². The Hall–Kier alpha value is -2.18. The van der Waals surface area contributed by atoms with Crippen molar-refractivity contribution in [2.24, 2.45) is 0 Å². The Morgan fingerprint density at radius 3 is 2.67 bits per heavy atom. The van der Waals surface area contributed by atoms with Crippen molar-refractivity contribution in [1.29, 1.82) is 0 Å². The minimum Gasteiger partial charge on any atom is -0.477 e. The zero-order chi connectivity index (χ0) is 21.7. The average molecular weight is 466 g/mol. The Morgan fingerprint density at radius 2 is 1.97 bits per heavy atom. The summed E-state index contributed by atoms with van der Waals surface area (Å²) >= 11 is 7.46. The number of carbonyl (C=O) groups excluding carboxylic acids is 1. The van der Waals surface area contributed by atoms with Gasteiger partial charge in [-0.05, 0) is 55.1 Å². The predicted molar refractivity (Wildman–Crippen MR) is 121 cm³/mol. The van der Waals surface area contributed by atoms with Gasteiger partial charge < -0.3 is 14.4 Å². The number of rotatable bonds is 9. The summed E-state index contributed by atoms with van der Waals surface area (Å²) in [5.41, 5.74) is 0.958. The van der Waals surface area contributed by atoms with Gasteiger partial charge in [-0.1, -0.05) is 29.8 Å². The molecule has 2 aromatic carbocycles. The van der Waals surface area contributed by atoms with Gasteiger partial charge in [0.1, 0.15) is 17.2 Å². The highest BCUT2D eigenvalue weighted by molar-refractivity contribution is 7.50. The summed E-state index contributed by atoms with van der Waals surface area (Å²) in [6.07, 6.45) is 0.309. The number of para-hydroxylation sites is 1. The van der Waals surface area contributed by atoms with Crippen molar-refractivity contribution in [1.82, 2.24) is 5.09 Å². The molecule has 6 nitrogen and oxygen atoms in total. The lowest BCUT2D eigenvalue weighted by molar-refractivity contribution is -0.145. The van der Waals surface area contributed by atoms with E-state index in [1.807, 2.05) is 30.3 Å². The zero-order valence-electron chi connectivity index (χ0n) is 16.4. The van der Waals surface area contributed by atoms with E-state index < -0.39 is 14.3 Å². The topological polar surface area (TPSA) is 84.9 Å². The summed E-state index contributed by atoms with van der Waals surface area (Å²) in [5, 5.41) is 13.7. The maximum Gasteiger partial charge on any atom is 0.345 e. The smallest absolute Gasteiger partial charge is 0.345 e. The molecule has 3 rings (SSSR count). The van der Waals surface area contributed by atoms with E-state index in [-0.39, 0.29) is 18.6 Å². The number of benzene rings is 2. The molecule has 1 heterocycles. The Morgan fingerprint density at radius 1 is 1.20 bits per heavy atom. The average Bonchev–Trinajstić information content (AvgIpc) is 3.11. The van der Waals surface area contributed by atoms with Crippen LogP contribution in [0.1, 0.15) is 29.1 Å². The van der Waals surface area contributed by atoms with Crippen LogP contribution in [0.5, 0.6) is 5.75 Å². The molecule has 0 bridgehead atoms. The molecule has 0 aliphatic carbocycles. The van der Waals surface area contributed by atoms with Crippen LogP contribution >= 0.6 is 31.2 Å². The lowest BCUT2D eigenvalue weighted by Crippen LogP contribution is -2.25. The van der Waals surface area contributed by atoms with Crippen LogP contribution in [-0.2, 0) is 15.7 Å². The normalized spacial score (nSPS) is 12.1. The SMILES string of the molecule is CC(C)OC(=O)CNP(Cc1ccc2sc(C(=O)O)cc2c1)Oc1ccccc1Cl. The fourth-order valence-electron chi connectivity index (χ4n) is 2.68. The monoisotopic (exact) mass is 465 g/mol. The number of hydrogen-bond donors (Lipinski definition) is 2. The number of nitrogens with one attached hydrogen (secondary N) is 1. The number of aromatic carboxylic acids is 1. The third-order valence-electron chi connectivity index (χ3n) is 3.93. The molecule has 9 heteroatoms. The van der Waals surface area contributed by atoms with Crippen molar-refractivity contribution < 1.29 is 24.0 Å². The Labute approximate surface area is 184 Å². The largest absolute Gasteiger partial charge is 0.477 e. The van der Waals surface area contributed by atoms with E-state index in [0.717, 1.165) is 15.6 Å². The molecule has 2 N–H and O–H groups in total. The predicted octanol–water partition coefficient (Wildman–Crippen LogP) is 5.69. The van der Waals surface area contributed by atoms with Crippen molar-refractivity contribution in [3.05, 3.63) is 64.0 Å². The van der Waals surface area contributed by atoms with Gasteiger partial charge in [0, 0.05) is 10.9 Å². The van der Waals surface area contributed by atoms with Crippen LogP contribution in [0, 0.1) is 0 Å². The summed E-state index contributed by atoms with van der Waals surface area (Å²) < 4.78 is 12.2. The molecule has 30 heavy (non-hydrogen) atoms. The van der Waals surface area contributed by atoms with Crippen molar-refractivity contribution in [2.45, 2.75) is 26.1 Å². The Bertz CT molecular complexity index is 1050. The first-order valence-electron chi connectivity index (χ1n) is 9.20. The quantitative estimate of drug-likeness (QED) is 0.312. The molecule has 0 aliphatic rings. The second-order valence-corrected chi connectivity index (χ2v) is 9.78. The van der Waals surface area contributed by atoms with Crippen LogP contribution in [0.4, 0.5) is 0 Å². The zero-order valence-corrected chi connectivity index (χ0v) is 18.9. The number of carboxylic acids is 1. The molecule has 0 saturated heterocycles. The van der Waals surface area contributed by atoms with Crippen LogP contribution in [0.15, 0.2) is 48.5 Å². The summed E-state index contributed by atoms with van der Waals surface area (Å²) in [4.78, 5) is 23.5. The number of hydrogen-bond acceptors (Lipinski definition) is 6. The maximum atomic E-state index is 12.0. The van der Waals surface area contributed by atoms with E-state index in [9.17, 15) is 14.7 Å². The summed E-state index contributed by atoms with van der Waals surface area (Å²) in [5.74, 6) is -0.771. The number of carbonyl (C=O) groups is 2.